The van der Waals surface area contributed by atoms with E-state index in [1.165, 1.54) is 5.56 Å². The van der Waals surface area contributed by atoms with Crippen LogP contribution in [0.15, 0.2) is 47.1 Å². The molecule has 0 bridgehead atoms. The van der Waals surface area contributed by atoms with E-state index in [2.05, 4.69) is 17.4 Å². The molecule has 0 radical (unpaired) electrons. The highest BCUT2D eigenvalue weighted by atomic mass is 16.5. The molecule has 0 saturated heterocycles. The predicted molar refractivity (Wildman–Crippen MR) is 77.9 cm³/mol. The molecule has 0 saturated carbocycles. The molecule has 1 aromatic heterocycles. The average Bonchev–Trinajstić information content (AvgIpc) is 2.99. The van der Waals surface area contributed by atoms with Crippen molar-refractivity contribution in [2.24, 2.45) is 0 Å². The van der Waals surface area contributed by atoms with Crippen LogP contribution in [0.2, 0.25) is 0 Å². The maximum absolute atomic E-state index is 5.66. The van der Waals surface area contributed by atoms with Crippen molar-refractivity contribution in [1.29, 1.82) is 0 Å². The van der Waals surface area contributed by atoms with Gasteiger partial charge in [-0.1, -0.05) is 12.1 Å². The summed E-state index contributed by atoms with van der Waals surface area (Å²) in [5.41, 5.74) is 1.26. The van der Waals surface area contributed by atoms with Crippen molar-refractivity contribution in [3.63, 3.8) is 0 Å². The van der Waals surface area contributed by atoms with E-state index in [-0.39, 0.29) is 0 Å². The second-order valence-electron chi connectivity index (χ2n) is 4.49. The van der Waals surface area contributed by atoms with Crippen LogP contribution in [-0.2, 0) is 17.7 Å². The lowest BCUT2D eigenvalue weighted by Gasteiger charge is -2.08. The molecule has 1 aromatic carbocycles. The van der Waals surface area contributed by atoms with E-state index in [0.29, 0.717) is 6.61 Å². The first kappa shape index (κ1) is 14.6. The van der Waals surface area contributed by atoms with Crippen molar-refractivity contribution in [3.05, 3.63) is 54.0 Å². The number of rotatable bonds is 9. The third-order valence-electron chi connectivity index (χ3n) is 2.95. The van der Waals surface area contributed by atoms with Crippen LogP contribution in [0.25, 0.3) is 0 Å². The Bertz CT molecular complexity index is 465. The summed E-state index contributed by atoms with van der Waals surface area (Å²) < 4.78 is 15.9. The number of hydrogen-bond donors (Lipinski definition) is 1. The maximum Gasteiger partial charge on any atom is 0.119 e. The maximum atomic E-state index is 5.66. The van der Waals surface area contributed by atoms with Gasteiger partial charge in [0.05, 0.1) is 19.4 Å². The van der Waals surface area contributed by atoms with Gasteiger partial charge in [0, 0.05) is 13.7 Å². The van der Waals surface area contributed by atoms with Crippen molar-refractivity contribution in [2.45, 2.75) is 13.0 Å². The summed E-state index contributed by atoms with van der Waals surface area (Å²) in [7, 11) is 1.72. The molecule has 108 valence electrons. The Morgan fingerprint density at radius 3 is 2.65 bits per heavy atom. The summed E-state index contributed by atoms with van der Waals surface area (Å²) in [4.78, 5) is 0. The zero-order valence-corrected chi connectivity index (χ0v) is 11.8. The van der Waals surface area contributed by atoms with Crippen molar-refractivity contribution in [1.82, 2.24) is 5.32 Å². The molecule has 0 aliphatic carbocycles. The number of furan rings is 1. The minimum Gasteiger partial charge on any atom is -0.492 e. The van der Waals surface area contributed by atoms with Crippen LogP contribution in [-0.4, -0.2) is 26.9 Å². The molecule has 0 unspecified atom stereocenters. The van der Waals surface area contributed by atoms with Gasteiger partial charge in [0.15, 0.2) is 0 Å². The predicted octanol–water partition coefficient (Wildman–Crippen LogP) is 2.64. The van der Waals surface area contributed by atoms with Gasteiger partial charge in [-0.2, -0.15) is 0 Å². The Morgan fingerprint density at radius 1 is 1.10 bits per heavy atom. The van der Waals surface area contributed by atoms with Crippen molar-refractivity contribution in [3.8, 4) is 5.75 Å². The Morgan fingerprint density at radius 2 is 1.95 bits per heavy atom. The topological polar surface area (TPSA) is 43.6 Å². The minimum absolute atomic E-state index is 0.637. The fourth-order valence-corrected chi connectivity index (χ4v) is 1.84. The first-order chi connectivity index (χ1) is 9.88. The van der Waals surface area contributed by atoms with Gasteiger partial charge in [-0.15, -0.1) is 0 Å². The highest BCUT2D eigenvalue weighted by Gasteiger charge is 1.97. The molecule has 4 heteroatoms. The van der Waals surface area contributed by atoms with Crippen LogP contribution in [0.1, 0.15) is 11.3 Å². The molecule has 0 amide bonds. The molecule has 4 nitrogen and oxygen atoms in total. The van der Waals surface area contributed by atoms with Gasteiger partial charge >= 0.3 is 0 Å². The van der Waals surface area contributed by atoms with Gasteiger partial charge < -0.3 is 19.2 Å². The Labute approximate surface area is 119 Å². The van der Waals surface area contributed by atoms with Crippen LogP contribution in [0.3, 0.4) is 0 Å². The van der Waals surface area contributed by atoms with Crippen LogP contribution < -0.4 is 10.1 Å². The Hall–Kier alpha value is -1.78. The second kappa shape index (κ2) is 8.40. The molecule has 2 aromatic rings. The molecular weight excluding hydrogens is 254 g/mol. The highest BCUT2D eigenvalue weighted by Crippen LogP contribution is 2.12. The third kappa shape index (κ3) is 5.07. The molecule has 0 aliphatic heterocycles. The molecule has 0 fully saturated rings. The van der Waals surface area contributed by atoms with Crippen LogP contribution in [0, 0.1) is 0 Å². The van der Waals surface area contributed by atoms with Gasteiger partial charge in [0.2, 0.25) is 0 Å². The lowest BCUT2D eigenvalue weighted by atomic mass is 10.1. The van der Waals surface area contributed by atoms with Gasteiger partial charge in [-0.25, -0.2) is 0 Å². The van der Waals surface area contributed by atoms with Gasteiger partial charge in [-0.05, 0) is 36.2 Å². The molecule has 0 spiro atoms. The summed E-state index contributed by atoms with van der Waals surface area (Å²) in [5, 5.41) is 3.26. The number of methoxy groups -OCH3 is 1. The van der Waals surface area contributed by atoms with Gasteiger partial charge in [0.1, 0.15) is 18.1 Å². The van der Waals surface area contributed by atoms with Crippen molar-refractivity contribution < 1.29 is 13.9 Å². The zero-order valence-electron chi connectivity index (χ0n) is 11.8. The fraction of sp³-hybridized carbons (Fsp3) is 0.375. The van der Waals surface area contributed by atoms with E-state index in [0.717, 1.165) is 37.6 Å². The number of hydrogen-bond acceptors (Lipinski definition) is 4. The van der Waals surface area contributed by atoms with E-state index in [4.69, 9.17) is 13.9 Å². The zero-order chi connectivity index (χ0) is 14.0. The third-order valence-corrected chi connectivity index (χ3v) is 2.95. The van der Waals surface area contributed by atoms with Crippen molar-refractivity contribution in [2.75, 3.05) is 26.9 Å². The lowest BCUT2D eigenvalue weighted by molar-refractivity contribution is 0.202. The van der Waals surface area contributed by atoms with Gasteiger partial charge in [-0.3, -0.25) is 0 Å². The molecule has 0 atom stereocenters. The van der Waals surface area contributed by atoms with E-state index < -0.39 is 0 Å². The number of benzene rings is 1. The SMILES string of the molecule is COCCc1ccc(OCCNCc2ccco2)cc1. The molecule has 1 heterocycles. The van der Waals surface area contributed by atoms with Crippen LogP contribution >= 0.6 is 0 Å². The van der Waals surface area contributed by atoms with Crippen LogP contribution in [0.4, 0.5) is 0 Å². The first-order valence-corrected chi connectivity index (χ1v) is 6.82. The molecule has 0 aliphatic rings. The largest absolute Gasteiger partial charge is 0.492 e. The number of nitrogens with one attached hydrogen (secondary N) is 1. The minimum atomic E-state index is 0.637. The highest BCUT2D eigenvalue weighted by molar-refractivity contribution is 5.27. The summed E-state index contributed by atoms with van der Waals surface area (Å²) in [6, 6.07) is 12.0. The summed E-state index contributed by atoms with van der Waals surface area (Å²) in [5.74, 6) is 1.83. The van der Waals surface area contributed by atoms with Crippen LogP contribution in [0.5, 0.6) is 5.75 Å². The molecule has 20 heavy (non-hydrogen) atoms. The lowest BCUT2D eigenvalue weighted by Crippen LogP contribution is -2.20. The molecule has 1 N–H and O–H groups in total. The Balaban J connectivity index is 1.61. The van der Waals surface area contributed by atoms with E-state index in [1.54, 1.807) is 13.4 Å². The molecular formula is C16H21NO3. The van der Waals surface area contributed by atoms with E-state index >= 15 is 0 Å². The summed E-state index contributed by atoms with van der Waals surface area (Å²) >= 11 is 0. The summed E-state index contributed by atoms with van der Waals surface area (Å²) in [6.07, 6.45) is 2.61. The standard InChI is InChI=1S/C16H21NO3/c1-18-11-8-14-4-6-15(7-5-14)20-12-9-17-13-16-3-2-10-19-16/h2-7,10,17H,8-9,11-13H2,1H3. The fourth-order valence-electron chi connectivity index (χ4n) is 1.84. The first-order valence-electron chi connectivity index (χ1n) is 6.82. The van der Waals surface area contributed by atoms with E-state index in [1.807, 2.05) is 24.3 Å². The quantitative estimate of drug-likeness (QED) is 0.714. The second-order valence-corrected chi connectivity index (χ2v) is 4.49. The monoisotopic (exact) mass is 275 g/mol. The van der Waals surface area contributed by atoms with E-state index in [9.17, 15) is 0 Å². The van der Waals surface area contributed by atoms with Crippen molar-refractivity contribution >= 4 is 0 Å². The normalized spacial score (nSPS) is 10.7. The summed E-state index contributed by atoms with van der Waals surface area (Å²) in [6.45, 7) is 2.90. The molecule has 2 rings (SSSR count). The number of ether oxygens (including phenoxy) is 2. The van der Waals surface area contributed by atoms with Gasteiger partial charge in [0.25, 0.3) is 0 Å². The smallest absolute Gasteiger partial charge is 0.119 e. The Kier molecular flexibility index (Phi) is 6.14. The average molecular weight is 275 g/mol.